The lowest BCUT2D eigenvalue weighted by molar-refractivity contribution is -0.129. The molecule has 1 atom stereocenters. The number of rotatable bonds is 6. The summed E-state index contributed by atoms with van der Waals surface area (Å²) in [6.07, 6.45) is 10.1. The van der Waals surface area contributed by atoms with Crippen molar-refractivity contribution >= 4 is 17.6 Å². The average molecular weight is 398 g/mol. The van der Waals surface area contributed by atoms with Crippen molar-refractivity contribution in [2.24, 2.45) is 5.92 Å². The summed E-state index contributed by atoms with van der Waals surface area (Å²) in [5, 5.41) is 3.09. The first-order chi connectivity index (χ1) is 14.1. The van der Waals surface area contributed by atoms with E-state index in [0.29, 0.717) is 12.5 Å². The molecular weight excluding hydrogens is 366 g/mol. The standard InChI is InChI=1S/C22H31N5O2/c1-16(28)26-11-13-27(14-12-26)20-15-19(24-21(25-20)17-7-8-17)9-10-23-22(29)18-5-3-2-4-6-18/h2-3,15,17-18H,4-14H2,1H3,(H,23,29)/t18-/m0/s1. The van der Waals surface area contributed by atoms with Gasteiger partial charge in [0.2, 0.25) is 11.8 Å². The van der Waals surface area contributed by atoms with Crippen LogP contribution in [0.25, 0.3) is 0 Å². The fourth-order valence-electron chi connectivity index (χ4n) is 4.06. The fourth-order valence-corrected chi connectivity index (χ4v) is 4.06. The van der Waals surface area contributed by atoms with Crippen molar-refractivity contribution in [3.8, 4) is 0 Å². The zero-order chi connectivity index (χ0) is 20.2. The molecule has 0 unspecified atom stereocenters. The highest BCUT2D eigenvalue weighted by Crippen LogP contribution is 2.38. The second kappa shape index (κ2) is 8.93. The van der Waals surface area contributed by atoms with Gasteiger partial charge < -0.3 is 15.1 Å². The molecule has 0 bridgehead atoms. The van der Waals surface area contributed by atoms with Crippen molar-refractivity contribution in [2.45, 2.75) is 51.4 Å². The second-order valence-corrected chi connectivity index (χ2v) is 8.37. The monoisotopic (exact) mass is 397 g/mol. The third-order valence-electron chi connectivity index (χ3n) is 6.09. The molecule has 0 spiro atoms. The van der Waals surface area contributed by atoms with Crippen molar-refractivity contribution in [2.75, 3.05) is 37.6 Å². The minimum atomic E-state index is 0.112. The van der Waals surface area contributed by atoms with Gasteiger partial charge in [-0.3, -0.25) is 9.59 Å². The number of piperazine rings is 1. The zero-order valence-corrected chi connectivity index (χ0v) is 17.3. The molecule has 1 saturated carbocycles. The lowest BCUT2D eigenvalue weighted by atomic mass is 9.94. The van der Waals surface area contributed by atoms with Gasteiger partial charge in [-0.1, -0.05) is 12.2 Å². The molecule has 1 aromatic heterocycles. The Bertz CT molecular complexity index is 781. The summed E-state index contributed by atoms with van der Waals surface area (Å²) in [5.74, 6) is 2.79. The Morgan fingerprint density at radius 1 is 1.10 bits per heavy atom. The van der Waals surface area contributed by atoms with Gasteiger partial charge in [-0.2, -0.15) is 0 Å². The summed E-state index contributed by atoms with van der Waals surface area (Å²) >= 11 is 0. The normalized spacial score (nSPS) is 21.9. The molecule has 156 valence electrons. The molecule has 7 nitrogen and oxygen atoms in total. The summed E-state index contributed by atoms with van der Waals surface area (Å²) < 4.78 is 0. The molecule has 1 aromatic rings. The first kappa shape index (κ1) is 19.9. The van der Waals surface area contributed by atoms with E-state index >= 15 is 0 Å². The number of amides is 2. The van der Waals surface area contributed by atoms with Crippen LogP contribution in [0.5, 0.6) is 0 Å². The van der Waals surface area contributed by atoms with Crippen LogP contribution in [-0.2, 0) is 16.0 Å². The molecule has 2 aliphatic carbocycles. The van der Waals surface area contributed by atoms with Gasteiger partial charge in [0, 0.05) is 69.7 Å². The lowest BCUT2D eigenvalue weighted by Gasteiger charge is -2.35. The molecule has 1 aliphatic heterocycles. The first-order valence-electron chi connectivity index (χ1n) is 10.9. The second-order valence-electron chi connectivity index (χ2n) is 8.37. The van der Waals surface area contributed by atoms with Crippen LogP contribution in [0.15, 0.2) is 18.2 Å². The predicted molar refractivity (Wildman–Crippen MR) is 112 cm³/mol. The van der Waals surface area contributed by atoms with Gasteiger partial charge in [0.15, 0.2) is 0 Å². The maximum Gasteiger partial charge on any atom is 0.223 e. The SMILES string of the molecule is CC(=O)N1CCN(c2cc(CCNC(=O)[C@H]3CC=CCC3)nc(C3CC3)n2)CC1. The maximum absolute atomic E-state index is 12.4. The van der Waals surface area contributed by atoms with Crippen LogP contribution in [0.4, 0.5) is 5.82 Å². The Hall–Kier alpha value is -2.44. The molecule has 4 rings (SSSR count). The molecule has 2 amide bonds. The highest BCUT2D eigenvalue weighted by molar-refractivity contribution is 5.79. The lowest BCUT2D eigenvalue weighted by Crippen LogP contribution is -2.48. The molecule has 0 aromatic carbocycles. The van der Waals surface area contributed by atoms with Crippen LogP contribution in [0, 0.1) is 5.92 Å². The summed E-state index contributed by atoms with van der Waals surface area (Å²) in [5.41, 5.74) is 0.995. The zero-order valence-electron chi connectivity index (χ0n) is 17.3. The third-order valence-corrected chi connectivity index (χ3v) is 6.09. The van der Waals surface area contributed by atoms with Crippen molar-refractivity contribution < 1.29 is 9.59 Å². The van der Waals surface area contributed by atoms with Gasteiger partial charge in [-0.05, 0) is 32.1 Å². The number of anilines is 1. The molecular formula is C22H31N5O2. The first-order valence-corrected chi connectivity index (χ1v) is 10.9. The van der Waals surface area contributed by atoms with Crippen molar-refractivity contribution in [1.29, 1.82) is 0 Å². The topological polar surface area (TPSA) is 78.4 Å². The number of nitrogens with one attached hydrogen (secondary N) is 1. The van der Waals surface area contributed by atoms with Gasteiger partial charge >= 0.3 is 0 Å². The van der Waals surface area contributed by atoms with Gasteiger partial charge in [0.05, 0.1) is 0 Å². The van der Waals surface area contributed by atoms with E-state index in [0.717, 1.165) is 82.0 Å². The van der Waals surface area contributed by atoms with Crippen LogP contribution in [-0.4, -0.2) is 59.4 Å². The van der Waals surface area contributed by atoms with Crippen LogP contribution in [0.3, 0.4) is 0 Å². The third kappa shape index (κ3) is 5.14. The molecule has 0 radical (unpaired) electrons. The van der Waals surface area contributed by atoms with Crippen molar-refractivity contribution in [1.82, 2.24) is 20.2 Å². The van der Waals surface area contributed by atoms with E-state index in [9.17, 15) is 9.59 Å². The minimum Gasteiger partial charge on any atom is -0.355 e. The number of hydrogen-bond donors (Lipinski definition) is 1. The summed E-state index contributed by atoms with van der Waals surface area (Å²) in [6, 6.07) is 2.06. The number of carbonyl (C=O) groups is 2. The number of hydrogen-bond acceptors (Lipinski definition) is 5. The van der Waals surface area contributed by atoms with Gasteiger partial charge in [0.1, 0.15) is 11.6 Å². The van der Waals surface area contributed by atoms with E-state index in [1.807, 2.05) is 4.90 Å². The smallest absolute Gasteiger partial charge is 0.223 e. The predicted octanol–water partition coefficient (Wildman–Crippen LogP) is 2.04. The van der Waals surface area contributed by atoms with E-state index in [2.05, 4.69) is 28.4 Å². The molecule has 1 saturated heterocycles. The van der Waals surface area contributed by atoms with Crippen LogP contribution in [0.1, 0.15) is 56.5 Å². The molecule has 2 heterocycles. The Kier molecular flexibility index (Phi) is 6.11. The average Bonchev–Trinajstić information content (AvgIpc) is 3.60. The summed E-state index contributed by atoms with van der Waals surface area (Å²) in [7, 11) is 0. The Morgan fingerprint density at radius 2 is 1.90 bits per heavy atom. The quantitative estimate of drug-likeness (QED) is 0.743. The summed E-state index contributed by atoms with van der Waals surface area (Å²) in [4.78, 5) is 37.7. The molecule has 1 N–H and O–H groups in total. The molecule has 2 fully saturated rings. The fraction of sp³-hybridized carbons (Fsp3) is 0.636. The Balaban J connectivity index is 1.37. The van der Waals surface area contributed by atoms with Crippen molar-refractivity contribution in [3.63, 3.8) is 0 Å². The van der Waals surface area contributed by atoms with Gasteiger partial charge in [-0.15, -0.1) is 0 Å². The highest BCUT2D eigenvalue weighted by atomic mass is 16.2. The van der Waals surface area contributed by atoms with Crippen LogP contribution >= 0.6 is 0 Å². The maximum atomic E-state index is 12.4. The van der Waals surface area contributed by atoms with Gasteiger partial charge in [0.25, 0.3) is 0 Å². The highest BCUT2D eigenvalue weighted by Gasteiger charge is 2.29. The number of nitrogens with zero attached hydrogens (tertiary/aromatic N) is 4. The number of allylic oxidation sites excluding steroid dienone is 2. The van der Waals surface area contributed by atoms with E-state index < -0.39 is 0 Å². The molecule has 3 aliphatic rings. The largest absolute Gasteiger partial charge is 0.355 e. The molecule has 7 heteroatoms. The van der Waals surface area contributed by atoms with E-state index in [-0.39, 0.29) is 17.7 Å². The number of aromatic nitrogens is 2. The van der Waals surface area contributed by atoms with Crippen molar-refractivity contribution in [3.05, 3.63) is 29.7 Å². The van der Waals surface area contributed by atoms with E-state index in [1.165, 1.54) is 0 Å². The Morgan fingerprint density at radius 3 is 2.55 bits per heavy atom. The van der Waals surface area contributed by atoms with Crippen LogP contribution < -0.4 is 10.2 Å². The van der Waals surface area contributed by atoms with E-state index in [1.54, 1.807) is 6.92 Å². The Labute approximate surface area is 172 Å². The van der Waals surface area contributed by atoms with Gasteiger partial charge in [-0.25, -0.2) is 9.97 Å². The minimum absolute atomic E-state index is 0.112. The number of carbonyl (C=O) groups excluding carboxylic acids is 2. The summed E-state index contributed by atoms with van der Waals surface area (Å²) in [6.45, 7) is 5.30. The molecule has 29 heavy (non-hydrogen) atoms. The van der Waals surface area contributed by atoms with E-state index in [4.69, 9.17) is 9.97 Å². The van der Waals surface area contributed by atoms with Crippen LogP contribution in [0.2, 0.25) is 0 Å².